The lowest BCUT2D eigenvalue weighted by Crippen LogP contribution is -2.45. The van der Waals surface area contributed by atoms with E-state index in [0.717, 1.165) is 11.1 Å². The first-order valence-electron chi connectivity index (χ1n) is 8.76. The second kappa shape index (κ2) is 10.0. The van der Waals surface area contributed by atoms with Crippen LogP contribution in [0.25, 0.3) is 0 Å². The SMILES string of the molecule is CCNC(=O)CN(CC)C(=O)NCc1cccc(COC(C)(C)C)c1. The maximum Gasteiger partial charge on any atom is 0.318 e. The number of amides is 3. The molecule has 1 aromatic rings. The molecule has 0 saturated heterocycles. The summed E-state index contributed by atoms with van der Waals surface area (Å²) in [6, 6.07) is 7.69. The van der Waals surface area contributed by atoms with Gasteiger partial charge in [-0.2, -0.15) is 0 Å². The van der Waals surface area contributed by atoms with E-state index >= 15 is 0 Å². The zero-order valence-corrected chi connectivity index (χ0v) is 16.0. The van der Waals surface area contributed by atoms with Crippen LogP contribution in [0.5, 0.6) is 0 Å². The van der Waals surface area contributed by atoms with E-state index in [0.29, 0.717) is 26.2 Å². The molecule has 0 atom stereocenters. The van der Waals surface area contributed by atoms with Crippen LogP contribution in [0.4, 0.5) is 4.79 Å². The highest BCUT2D eigenvalue weighted by atomic mass is 16.5. The first-order valence-corrected chi connectivity index (χ1v) is 8.76. The molecule has 25 heavy (non-hydrogen) atoms. The maximum atomic E-state index is 12.2. The van der Waals surface area contributed by atoms with Crippen LogP contribution in [0, 0.1) is 0 Å². The van der Waals surface area contributed by atoms with Crippen LogP contribution in [0.15, 0.2) is 24.3 Å². The number of benzene rings is 1. The van der Waals surface area contributed by atoms with Gasteiger partial charge in [-0.1, -0.05) is 24.3 Å². The second-order valence-corrected chi connectivity index (χ2v) is 6.85. The number of nitrogens with one attached hydrogen (secondary N) is 2. The van der Waals surface area contributed by atoms with E-state index in [1.807, 2.05) is 58.9 Å². The molecule has 6 heteroatoms. The Labute approximate surface area is 150 Å². The highest BCUT2D eigenvalue weighted by Gasteiger charge is 2.15. The van der Waals surface area contributed by atoms with Crippen molar-refractivity contribution in [3.63, 3.8) is 0 Å². The zero-order valence-electron chi connectivity index (χ0n) is 16.0. The first-order chi connectivity index (χ1) is 11.7. The molecule has 0 unspecified atom stereocenters. The summed E-state index contributed by atoms with van der Waals surface area (Å²) in [6.45, 7) is 11.8. The van der Waals surface area contributed by atoms with E-state index in [1.165, 1.54) is 4.90 Å². The molecule has 0 aliphatic carbocycles. The van der Waals surface area contributed by atoms with Gasteiger partial charge in [0.1, 0.15) is 6.54 Å². The number of ether oxygens (including phenoxy) is 1. The molecule has 0 spiro atoms. The van der Waals surface area contributed by atoms with Crippen molar-refractivity contribution in [1.82, 2.24) is 15.5 Å². The Morgan fingerprint density at radius 1 is 1.12 bits per heavy atom. The van der Waals surface area contributed by atoms with Crippen molar-refractivity contribution in [1.29, 1.82) is 0 Å². The van der Waals surface area contributed by atoms with Gasteiger partial charge in [0.2, 0.25) is 5.91 Å². The molecular weight excluding hydrogens is 318 g/mol. The van der Waals surface area contributed by atoms with Crippen LogP contribution in [0.1, 0.15) is 45.7 Å². The number of carbonyl (C=O) groups excluding carboxylic acids is 2. The molecule has 0 aromatic heterocycles. The molecule has 0 aliphatic rings. The Bertz CT molecular complexity index is 567. The van der Waals surface area contributed by atoms with Crippen LogP contribution >= 0.6 is 0 Å². The highest BCUT2D eigenvalue weighted by molar-refractivity contribution is 5.83. The fraction of sp³-hybridized carbons (Fsp3) is 0.579. The van der Waals surface area contributed by atoms with E-state index in [4.69, 9.17) is 4.74 Å². The van der Waals surface area contributed by atoms with Gasteiger partial charge < -0.3 is 20.3 Å². The predicted octanol–water partition coefficient (Wildman–Crippen LogP) is 2.67. The first kappa shape index (κ1) is 21.0. The Kier molecular flexibility index (Phi) is 8.41. The van der Waals surface area contributed by atoms with Crippen molar-refractivity contribution in [2.45, 2.75) is 53.4 Å². The summed E-state index contributed by atoms with van der Waals surface area (Å²) in [5.41, 5.74) is 1.87. The summed E-state index contributed by atoms with van der Waals surface area (Å²) >= 11 is 0. The van der Waals surface area contributed by atoms with Crippen molar-refractivity contribution < 1.29 is 14.3 Å². The van der Waals surface area contributed by atoms with Gasteiger partial charge in [-0.15, -0.1) is 0 Å². The van der Waals surface area contributed by atoms with E-state index in [9.17, 15) is 9.59 Å². The van der Waals surface area contributed by atoms with Crippen LogP contribution in [-0.4, -0.2) is 42.1 Å². The average molecular weight is 349 g/mol. The van der Waals surface area contributed by atoms with Gasteiger partial charge in [0, 0.05) is 19.6 Å². The van der Waals surface area contributed by atoms with Gasteiger partial charge >= 0.3 is 6.03 Å². The lowest BCUT2D eigenvalue weighted by molar-refractivity contribution is -0.121. The standard InChI is InChI=1S/C19H31N3O3/c1-6-20-17(23)13-22(7-2)18(24)21-12-15-9-8-10-16(11-15)14-25-19(3,4)5/h8-11H,6-7,12-14H2,1-5H3,(H,20,23)(H,21,24). The molecule has 0 fully saturated rings. The Morgan fingerprint density at radius 2 is 1.80 bits per heavy atom. The largest absolute Gasteiger partial charge is 0.371 e. The smallest absolute Gasteiger partial charge is 0.318 e. The third-order valence-electron chi connectivity index (χ3n) is 3.48. The third kappa shape index (κ3) is 8.54. The van der Waals surface area contributed by atoms with E-state index in [-0.39, 0.29) is 24.1 Å². The summed E-state index contributed by atoms with van der Waals surface area (Å²) in [4.78, 5) is 25.4. The lowest BCUT2D eigenvalue weighted by atomic mass is 10.1. The fourth-order valence-corrected chi connectivity index (χ4v) is 2.17. The molecule has 0 saturated carbocycles. The Balaban J connectivity index is 2.55. The zero-order chi connectivity index (χ0) is 18.9. The van der Waals surface area contributed by atoms with Gasteiger partial charge in [-0.25, -0.2) is 4.79 Å². The van der Waals surface area contributed by atoms with Gasteiger partial charge in [0.15, 0.2) is 0 Å². The summed E-state index contributed by atoms with van der Waals surface area (Å²) in [7, 11) is 0. The van der Waals surface area contributed by atoms with E-state index in [2.05, 4.69) is 10.6 Å². The van der Waals surface area contributed by atoms with Gasteiger partial charge in [-0.05, 0) is 45.7 Å². The number of nitrogens with zero attached hydrogens (tertiary/aromatic N) is 1. The maximum absolute atomic E-state index is 12.2. The molecule has 2 N–H and O–H groups in total. The topological polar surface area (TPSA) is 70.7 Å². The van der Waals surface area contributed by atoms with Crippen LogP contribution in [-0.2, 0) is 22.7 Å². The van der Waals surface area contributed by atoms with E-state index in [1.54, 1.807) is 0 Å². The molecule has 0 bridgehead atoms. The van der Waals surface area contributed by atoms with Gasteiger partial charge in [0.25, 0.3) is 0 Å². The Morgan fingerprint density at radius 3 is 2.40 bits per heavy atom. The number of hydrogen-bond donors (Lipinski definition) is 2. The Hall–Kier alpha value is -2.08. The van der Waals surface area contributed by atoms with Crippen LogP contribution < -0.4 is 10.6 Å². The monoisotopic (exact) mass is 349 g/mol. The minimum absolute atomic E-state index is 0.0651. The van der Waals surface area contributed by atoms with Crippen molar-refractivity contribution in [3.05, 3.63) is 35.4 Å². The summed E-state index contributed by atoms with van der Waals surface area (Å²) in [5.74, 6) is -0.152. The minimum atomic E-state index is -0.245. The average Bonchev–Trinajstić information content (AvgIpc) is 2.55. The number of carbonyl (C=O) groups is 2. The van der Waals surface area contributed by atoms with Crippen LogP contribution in [0.2, 0.25) is 0 Å². The normalized spacial score (nSPS) is 11.1. The molecule has 1 rings (SSSR count). The molecule has 140 valence electrons. The van der Waals surface area contributed by atoms with Crippen LogP contribution in [0.3, 0.4) is 0 Å². The minimum Gasteiger partial charge on any atom is -0.371 e. The molecule has 3 amide bonds. The van der Waals surface area contributed by atoms with Crippen molar-refractivity contribution in [3.8, 4) is 0 Å². The molecule has 0 heterocycles. The number of rotatable bonds is 8. The third-order valence-corrected chi connectivity index (χ3v) is 3.48. The number of likely N-dealkylation sites (N-methyl/N-ethyl adjacent to an activating group) is 2. The van der Waals surface area contributed by atoms with Crippen molar-refractivity contribution in [2.24, 2.45) is 0 Å². The highest BCUT2D eigenvalue weighted by Crippen LogP contribution is 2.13. The fourth-order valence-electron chi connectivity index (χ4n) is 2.17. The summed E-state index contributed by atoms with van der Waals surface area (Å²) in [5, 5.41) is 5.56. The van der Waals surface area contributed by atoms with Crippen molar-refractivity contribution >= 4 is 11.9 Å². The number of hydrogen-bond acceptors (Lipinski definition) is 3. The summed E-state index contributed by atoms with van der Waals surface area (Å²) < 4.78 is 5.78. The van der Waals surface area contributed by atoms with Crippen molar-refractivity contribution in [2.75, 3.05) is 19.6 Å². The predicted molar refractivity (Wildman–Crippen MR) is 99.2 cm³/mol. The second-order valence-electron chi connectivity index (χ2n) is 6.85. The summed E-state index contributed by atoms with van der Waals surface area (Å²) in [6.07, 6.45) is 0. The van der Waals surface area contributed by atoms with Gasteiger partial charge in [0.05, 0.1) is 12.2 Å². The molecule has 1 aromatic carbocycles. The van der Waals surface area contributed by atoms with Gasteiger partial charge in [-0.3, -0.25) is 4.79 Å². The number of urea groups is 1. The molecule has 6 nitrogen and oxygen atoms in total. The quantitative estimate of drug-likeness (QED) is 0.758. The van der Waals surface area contributed by atoms with E-state index < -0.39 is 0 Å². The molecular formula is C19H31N3O3. The lowest BCUT2D eigenvalue weighted by Gasteiger charge is -2.21. The molecule has 0 aliphatic heterocycles. The molecule has 0 radical (unpaired) electrons.